The van der Waals surface area contributed by atoms with Crippen molar-refractivity contribution in [2.24, 2.45) is 5.92 Å². The highest BCUT2D eigenvalue weighted by atomic mass is 35.5. The Labute approximate surface area is 113 Å². The number of hydrogen-bond acceptors (Lipinski definition) is 5. The highest BCUT2D eigenvalue weighted by Gasteiger charge is 2.19. The van der Waals surface area contributed by atoms with Gasteiger partial charge in [-0.1, -0.05) is 11.4 Å². The van der Waals surface area contributed by atoms with E-state index in [0.29, 0.717) is 0 Å². The summed E-state index contributed by atoms with van der Waals surface area (Å²) < 4.78 is 3.90. The van der Waals surface area contributed by atoms with Gasteiger partial charge < -0.3 is 5.32 Å². The second kappa shape index (κ2) is 7.97. The van der Waals surface area contributed by atoms with Gasteiger partial charge in [-0.25, -0.2) is 0 Å². The summed E-state index contributed by atoms with van der Waals surface area (Å²) in [4.78, 5) is 2.49. The number of aromatic nitrogens is 2. The lowest BCUT2D eigenvalue weighted by atomic mass is 9.97. The first-order valence-corrected chi connectivity index (χ1v) is 6.91. The molecule has 0 spiro atoms. The van der Waals surface area contributed by atoms with E-state index < -0.39 is 0 Å². The smallest absolute Gasteiger partial charge is 0.0895 e. The van der Waals surface area contributed by atoms with Crippen molar-refractivity contribution in [3.63, 3.8) is 0 Å². The average molecular weight is 277 g/mol. The van der Waals surface area contributed by atoms with E-state index in [2.05, 4.69) is 26.7 Å². The van der Waals surface area contributed by atoms with E-state index in [4.69, 9.17) is 0 Å². The lowest BCUT2D eigenvalue weighted by Gasteiger charge is -2.31. The maximum atomic E-state index is 4.09. The van der Waals surface area contributed by atoms with E-state index in [9.17, 15) is 0 Å². The molecule has 4 nitrogen and oxygen atoms in total. The molecule has 0 bridgehead atoms. The summed E-state index contributed by atoms with van der Waals surface area (Å²) in [6.07, 6.45) is 2.62. The third kappa shape index (κ3) is 4.87. The molecule has 1 N–H and O–H groups in total. The molecule has 2 rings (SSSR count). The van der Waals surface area contributed by atoms with Crippen LogP contribution in [0.5, 0.6) is 0 Å². The Hall–Kier alpha value is -0.230. The van der Waals surface area contributed by atoms with Crippen molar-refractivity contribution in [1.82, 2.24) is 19.8 Å². The van der Waals surface area contributed by atoms with Gasteiger partial charge in [-0.2, -0.15) is 0 Å². The van der Waals surface area contributed by atoms with Gasteiger partial charge in [0.2, 0.25) is 0 Å². The van der Waals surface area contributed by atoms with Crippen LogP contribution in [-0.4, -0.2) is 40.7 Å². The SMILES string of the molecule is CCNCC1CCN(Cc2csnn2)CC1.Cl. The van der Waals surface area contributed by atoms with Crippen LogP contribution < -0.4 is 5.32 Å². The van der Waals surface area contributed by atoms with Gasteiger partial charge in [0, 0.05) is 11.9 Å². The Morgan fingerprint density at radius 2 is 2.24 bits per heavy atom. The zero-order valence-corrected chi connectivity index (χ0v) is 11.9. The number of nitrogens with zero attached hydrogens (tertiary/aromatic N) is 3. The summed E-state index contributed by atoms with van der Waals surface area (Å²) in [6, 6.07) is 0. The third-order valence-corrected chi connectivity index (χ3v) is 3.73. The Kier molecular flexibility index (Phi) is 6.96. The van der Waals surface area contributed by atoms with Crippen LogP contribution >= 0.6 is 23.9 Å². The molecule has 6 heteroatoms. The summed E-state index contributed by atoms with van der Waals surface area (Å²) in [5, 5.41) is 9.58. The van der Waals surface area contributed by atoms with Crippen molar-refractivity contribution in [3.05, 3.63) is 11.1 Å². The highest BCUT2D eigenvalue weighted by Crippen LogP contribution is 2.17. The fourth-order valence-electron chi connectivity index (χ4n) is 2.18. The van der Waals surface area contributed by atoms with Crippen LogP contribution in [0.2, 0.25) is 0 Å². The number of hydrogen-bond donors (Lipinski definition) is 1. The molecule has 1 aliphatic heterocycles. The lowest BCUT2D eigenvalue weighted by Crippen LogP contribution is -2.36. The minimum atomic E-state index is 0. The minimum absolute atomic E-state index is 0. The van der Waals surface area contributed by atoms with Gasteiger partial charge in [0.1, 0.15) is 0 Å². The van der Waals surface area contributed by atoms with Crippen molar-refractivity contribution in [3.8, 4) is 0 Å². The van der Waals surface area contributed by atoms with E-state index in [0.717, 1.165) is 24.7 Å². The maximum absolute atomic E-state index is 4.09. The molecule has 98 valence electrons. The molecule has 0 unspecified atom stereocenters. The first-order chi connectivity index (χ1) is 7.88. The number of piperidine rings is 1. The monoisotopic (exact) mass is 276 g/mol. The molecule has 1 saturated heterocycles. The lowest BCUT2D eigenvalue weighted by molar-refractivity contribution is 0.174. The summed E-state index contributed by atoms with van der Waals surface area (Å²) in [6.45, 7) is 7.82. The first-order valence-electron chi connectivity index (χ1n) is 6.07. The largest absolute Gasteiger partial charge is 0.317 e. The quantitative estimate of drug-likeness (QED) is 0.890. The predicted molar refractivity (Wildman–Crippen MR) is 73.7 cm³/mol. The number of nitrogens with one attached hydrogen (secondary N) is 1. The van der Waals surface area contributed by atoms with Crippen LogP contribution in [-0.2, 0) is 6.54 Å². The topological polar surface area (TPSA) is 41.0 Å². The molecule has 0 amide bonds. The molecule has 0 aliphatic carbocycles. The average Bonchev–Trinajstić information content (AvgIpc) is 2.81. The highest BCUT2D eigenvalue weighted by molar-refractivity contribution is 7.03. The van der Waals surface area contributed by atoms with Crippen LogP contribution in [0.25, 0.3) is 0 Å². The first kappa shape index (κ1) is 14.8. The van der Waals surface area contributed by atoms with Crippen LogP contribution in [0.1, 0.15) is 25.5 Å². The molecule has 1 aromatic heterocycles. The molecular formula is C11H21ClN4S. The molecule has 17 heavy (non-hydrogen) atoms. The Balaban J connectivity index is 0.00000144. The summed E-state index contributed by atoms with van der Waals surface area (Å²) in [5.41, 5.74) is 1.12. The molecule has 0 saturated carbocycles. The van der Waals surface area contributed by atoms with Crippen molar-refractivity contribution in [1.29, 1.82) is 0 Å². The van der Waals surface area contributed by atoms with E-state index in [-0.39, 0.29) is 12.4 Å². The summed E-state index contributed by atoms with van der Waals surface area (Å²) >= 11 is 1.44. The fourth-order valence-corrected chi connectivity index (χ4v) is 2.62. The maximum Gasteiger partial charge on any atom is 0.0895 e. The molecule has 2 heterocycles. The molecule has 0 radical (unpaired) electrons. The van der Waals surface area contributed by atoms with Crippen LogP contribution in [0.15, 0.2) is 5.38 Å². The van der Waals surface area contributed by atoms with Crippen molar-refractivity contribution < 1.29 is 0 Å². The Morgan fingerprint density at radius 1 is 1.47 bits per heavy atom. The van der Waals surface area contributed by atoms with Gasteiger partial charge in [0.05, 0.1) is 5.69 Å². The molecule has 1 aliphatic rings. The van der Waals surface area contributed by atoms with Gasteiger partial charge in [-0.3, -0.25) is 4.90 Å². The third-order valence-electron chi connectivity index (χ3n) is 3.18. The van der Waals surface area contributed by atoms with Gasteiger partial charge in [0.15, 0.2) is 0 Å². The van der Waals surface area contributed by atoms with Crippen molar-refractivity contribution in [2.45, 2.75) is 26.3 Å². The minimum Gasteiger partial charge on any atom is -0.317 e. The van der Waals surface area contributed by atoms with Crippen molar-refractivity contribution in [2.75, 3.05) is 26.2 Å². The van der Waals surface area contributed by atoms with Gasteiger partial charge in [-0.15, -0.1) is 17.5 Å². The predicted octanol–water partition coefficient (Wildman–Crippen LogP) is 1.78. The second-order valence-corrected chi connectivity index (χ2v) is 5.03. The van der Waals surface area contributed by atoms with Gasteiger partial charge >= 0.3 is 0 Å². The molecule has 0 aromatic carbocycles. The summed E-state index contributed by atoms with van der Waals surface area (Å²) in [7, 11) is 0. The zero-order chi connectivity index (χ0) is 11.2. The summed E-state index contributed by atoms with van der Waals surface area (Å²) in [5.74, 6) is 0.866. The van der Waals surface area contributed by atoms with E-state index in [1.807, 2.05) is 5.38 Å². The van der Waals surface area contributed by atoms with Crippen LogP contribution in [0, 0.1) is 5.92 Å². The molecular weight excluding hydrogens is 256 g/mol. The molecule has 1 fully saturated rings. The van der Waals surface area contributed by atoms with E-state index >= 15 is 0 Å². The zero-order valence-electron chi connectivity index (χ0n) is 10.3. The number of rotatable bonds is 5. The van der Waals surface area contributed by atoms with Gasteiger partial charge in [0.25, 0.3) is 0 Å². The normalized spacial score (nSPS) is 17.9. The van der Waals surface area contributed by atoms with E-state index in [1.165, 1.54) is 44.0 Å². The Bertz CT molecular complexity index is 286. The second-order valence-electron chi connectivity index (χ2n) is 4.42. The number of halogens is 1. The van der Waals surface area contributed by atoms with Crippen LogP contribution in [0.4, 0.5) is 0 Å². The van der Waals surface area contributed by atoms with Gasteiger partial charge in [-0.05, 0) is 56.5 Å². The van der Waals surface area contributed by atoms with Crippen molar-refractivity contribution >= 4 is 23.9 Å². The number of likely N-dealkylation sites (tertiary alicyclic amines) is 1. The fraction of sp³-hybridized carbons (Fsp3) is 0.818. The Morgan fingerprint density at radius 3 is 2.82 bits per heavy atom. The molecule has 1 aromatic rings. The van der Waals surface area contributed by atoms with E-state index in [1.54, 1.807) is 0 Å². The van der Waals surface area contributed by atoms with Crippen LogP contribution in [0.3, 0.4) is 0 Å². The molecule has 0 atom stereocenters. The standard InChI is InChI=1S/C11H20N4S.ClH/c1-2-12-7-10-3-5-15(6-4-10)8-11-9-16-14-13-11;/h9-10,12H,2-8H2,1H3;1H.